The zero-order valence-corrected chi connectivity index (χ0v) is 26.3. The number of rotatable bonds is 11. The van der Waals surface area contributed by atoms with E-state index in [-0.39, 0.29) is 33.3 Å². The summed E-state index contributed by atoms with van der Waals surface area (Å²) in [5.41, 5.74) is 3.45. The molecule has 43 heavy (non-hydrogen) atoms. The number of benzene rings is 3. The number of hydrogen-bond donors (Lipinski definition) is 1. The maximum atomic E-state index is 13.5. The number of aryl methyl sites for hydroxylation is 1. The van der Waals surface area contributed by atoms with E-state index in [4.69, 9.17) is 37.4 Å². The molecule has 4 rings (SSSR count). The van der Waals surface area contributed by atoms with Gasteiger partial charge in [0.1, 0.15) is 0 Å². The normalized spacial score (nSPS) is 14.7. The number of esters is 3. The highest BCUT2D eigenvalue weighted by Gasteiger charge is 2.41. The average molecular weight is 641 g/mol. The highest BCUT2D eigenvalue weighted by Crippen LogP contribution is 2.46. The van der Waals surface area contributed by atoms with E-state index in [9.17, 15) is 14.4 Å². The van der Waals surface area contributed by atoms with Gasteiger partial charge in [-0.25, -0.2) is 9.59 Å². The summed E-state index contributed by atoms with van der Waals surface area (Å²) in [5.74, 6) is -2.32. The van der Waals surface area contributed by atoms with E-state index in [0.717, 1.165) is 21.8 Å². The number of methoxy groups -OCH3 is 3. The molecule has 7 nitrogen and oxygen atoms in total. The van der Waals surface area contributed by atoms with E-state index in [1.54, 1.807) is 30.0 Å². The number of allylic oxidation sites excluding steroid dienone is 1. The summed E-state index contributed by atoms with van der Waals surface area (Å²) >= 11 is 15.0. The number of dihydropyridines is 1. The van der Waals surface area contributed by atoms with Crippen LogP contribution < -0.4 is 5.32 Å². The van der Waals surface area contributed by atoms with Crippen LogP contribution in [-0.2, 0) is 40.8 Å². The van der Waals surface area contributed by atoms with Crippen molar-refractivity contribution in [2.75, 3.05) is 21.3 Å². The lowest BCUT2D eigenvalue weighted by Gasteiger charge is -2.33. The van der Waals surface area contributed by atoms with Crippen molar-refractivity contribution >= 4 is 52.9 Å². The SMILES string of the molecule is COC(=O)CC1=C(C(=O)OC)C(c2c(Cl)cccc2Cl)C(C(=O)OC)=C(CCc2ccccc2CSc2ccccc2)N1. The van der Waals surface area contributed by atoms with E-state index in [1.807, 2.05) is 30.3 Å². The van der Waals surface area contributed by atoms with E-state index < -0.39 is 23.8 Å². The lowest BCUT2D eigenvalue weighted by molar-refractivity contribution is -0.139. The molecule has 10 heteroatoms. The molecule has 0 saturated heterocycles. The second kappa shape index (κ2) is 15.1. The fraction of sp³-hybridized carbons (Fsp3) is 0.242. The number of hydrogen-bond acceptors (Lipinski definition) is 8. The van der Waals surface area contributed by atoms with Gasteiger partial charge in [-0.1, -0.05) is 71.7 Å². The van der Waals surface area contributed by atoms with Gasteiger partial charge in [0, 0.05) is 37.7 Å². The van der Waals surface area contributed by atoms with Crippen molar-refractivity contribution in [3.8, 4) is 0 Å². The van der Waals surface area contributed by atoms with Crippen molar-refractivity contribution in [2.24, 2.45) is 0 Å². The molecule has 224 valence electrons. The molecule has 0 saturated carbocycles. The molecule has 1 unspecified atom stereocenters. The van der Waals surface area contributed by atoms with Gasteiger partial charge in [-0.05, 0) is 48.2 Å². The van der Waals surface area contributed by atoms with Crippen molar-refractivity contribution in [3.63, 3.8) is 0 Å². The fourth-order valence-electron chi connectivity index (χ4n) is 5.02. The molecule has 0 aromatic heterocycles. The zero-order chi connectivity index (χ0) is 30.9. The molecule has 0 aliphatic carbocycles. The third-order valence-electron chi connectivity index (χ3n) is 7.08. The third kappa shape index (κ3) is 7.63. The summed E-state index contributed by atoms with van der Waals surface area (Å²) in [7, 11) is 3.74. The Morgan fingerprint density at radius 1 is 0.721 bits per heavy atom. The number of nitrogens with one attached hydrogen (secondary N) is 1. The summed E-state index contributed by atoms with van der Waals surface area (Å²) in [6, 6.07) is 23.2. The predicted molar refractivity (Wildman–Crippen MR) is 168 cm³/mol. The summed E-state index contributed by atoms with van der Waals surface area (Å²) < 4.78 is 15.3. The number of thioether (sulfide) groups is 1. The van der Waals surface area contributed by atoms with Crippen LogP contribution in [0.4, 0.5) is 0 Å². The maximum Gasteiger partial charge on any atom is 0.336 e. The van der Waals surface area contributed by atoms with Crippen molar-refractivity contribution in [3.05, 3.63) is 122 Å². The molecule has 0 spiro atoms. The smallest absolute Gasteiger partial charge is 0.336 e. The minimum Gasteiger partial charge on any atom is -0.469 e. The minimum absolute atomic E-state index is 0.0201. The Morgan fingerprint density at radius 2 is 1.30 bits per heavy atom. The summed E-state index contributed by atoms with van der Waals surface area (Å²) in [5, 5.41) is 3.68. The monoisotopic (exact) mass is 639 g/mol. The number of halogens is 2. The van der Waals surface area contributed by atoms with Gasteiger partial charge in [0.2, 0.25) is 0 Å². The first-order chi connectivity index (χ1) is 20.8. The van der Waals surface area contributed by atoms with E-state index in [0.29, 0.717) is 24.1 Å². The molecule has 0 radical (unpaired) electrons. The van der Waals surface area contributed by atoms with Crippen LogP contribution in [0.3, 0.4) is 0 Å². The average Bonchev–Trinajstić information content (AvgIpc) is 3.02. The van der Waals surface area contributed by atoms with Gasteiger partial charge in [0.05, 0.1) is 44.8 Å². The zero-order valence-electron chi connectivity index (χ0n) is 23.9. The van der Waals surface area contributed by atoms with Crippen LogP contribution >= 0.6 is 35.0 Å². The van der Waals surface area contributed by atoms with Crippen molar-refractivity contribution in [1.29, 1.82) is 0 Å². The number of carbonyl (C=O) groups excluding carboxylic acids is 3. The lowest BCUT2D eigenvalue weighted by Crippen LogP contribution is -2.35. The first-order valence-corrected chi connectivity index (χ1v) is 15.2. The highest BCUT2D eigenvalue weighted by molar-refractivity contribution is 7.98. The molecule has 1 N–H and O–H groups in total. The van der Waals surface area contributed by atoms with Gasteiger partial charge in [0.15, 0.2) is 0 Å². The van der Waals surface area contributed by atoms with Crippen LogP contribution in [0, 0.1) is 0 Å². The quantitative estimate of drug-likeness (QED) is 0.136. The Kier molecular flexibility index (Phi) is 11.3. The molecule has 1 aliphatic rings. The number of ether oxygens (including phenoxy) is 3. The van der Waals surface area contributed by atoms with Crippen LogP contribution in [-0.4, -0.2) is 39.2 Å². The second-order valence-corrected chi connectivity index (χ2v) is 11.4. The van der Waals surface area contributed by atoms with Gasteiger partial charge in [-0.15, -0.1) is 11.8 Å². The van der Waals surface area contributed by atoms with Crippen molar-refractivity contribution in [1.82, 2.24) is 5.32 Å². The third-order valence-corrected chi connectivity index (χ3v) is 8.80. The molecule has 3 aromatic rings. The fourth-order valence-corrected chi connectivity index (χ4v) is 6.59. The lowest BCUT2D eigenvalue weighted by atomic mass is 9.78. The minimum atomic E-state index is -1.07. The summed E-state index contributed by atoms with van der Waals surface area (Å²) in [6.45, 7) is 0. The number of carbonyl (C=O) groups is 3. The Hall–Kier alpha value is -3.72. The van der Waals surface area contributed by atoms with Crippen molar-refractivity contribution < 1.29 is 28.6 Å². The van der Waals surface area contributed by atoms with Crippen LogP contribution in [0.5, 0.6) is 0 Å². The molecule has 0 fully saturated rings. The van der Waals surface area contributed by atoms with Gasteiger partial charge in [-0.3, -0.25) is 4.79 Å². The molecule has 1 atom stereocenters. The van der Waals surface area contributed by atoms with E-state index in [2.05, 4.69) is 29.6 Å². The molecule has 1 heterocycles. The Labute approximate surface area is 265 Å². The largest absolute Gasteiger partial charge is 0.469 e. The Morgan fingerprint density at radius 3 is 1.91 bits per heavy atom. The maximum absolute atomic E-state index is 13.5. The van der Waals surface area contributed by atoms with Gasteiger partial charge in [-0.2, -0.15) is 0 Å². The standard InChI is InChI=1S/C33H31Cl2NO6S/c1-40-27(37)18-26-30(33(39)42-3)31(28-23(34)14-9-15-24(28)35)29(32(38)41-2)25(36-26)17-16-20-10-7-8-11-21(20)19-43-22-12-5-4-6-13-22/h4-15,31,36H,16-19H2,1-3H3. The molecule has 0 bridgehead atoms. The van der Waals surface area contributed by atoms with Gasteiger partial charge >= 0.3 is 17.9 Å². The molecule has 3 aromatic carbocycles. The Bertz CT molecular complexity index is 1550. The first-order valence-electron chi connectivity index (χ1n) is 13.4. The summed E-state index contributed by atoms with van der Waals surface area (Å²) in [4.78, 5) is 40.4. The molecule has 1 aliphatic heterocycles. The van der Waals surface area contributed by atoms with Crippen LogP contribution in [0.15, 0.2) is 100 Å². The van der Waals surface area contributed by atoms with Gasteiger partial charge < -0.3 is 19.5 Å². The molecular formula is C33H31Cl2NO6S. The Balaban J connectivity index is 1.80. The topological polar surface area (TPSA) is 90.9 Å². The predicted octanol–water partition coefficient (Wildman–Crippen LogP) is 7.02. The molecule has 0 amide bonds. The van der Waals surface area contributed by atoms with Crippen LogP contribution in [0.2, 0.25) is 10.0 Å². The van der Waals surface area contributed by atoms with E-state index >= 15 is 0 Å². The van der Waals surface area contributed by atoms with Gasteiger partial charge in [0.25, 0.3) is 0 Å². The van der Waals surface area contributed by atoms with Crippen LogP contribution in [0.25, 0.3) is 0 Å². The molecular weight excluding hydrogens is 609 g/mol. The second-order valence-electron chi connectivity index (χ2n) is 9.58. The van der Waals surface area contributed by atoms with Crippen molar-refractivity contribution in [2.45, 2.75) is 35.8 Å². The van der Waals surface area contributed by atoms with Crippen LogP contribution in [0.1, 0.15) is 35.4 Å². The highest BCUT2D eigenvalue weighted by atomic mass is 35.5. The summed E-state index contributed by atoms with van der Waals surface area (Å²) in [6.07, 6.45) is 0.632. The van der Waals surface area contributed by atoms with E-state index in [1.165, 1.54) is 21.3 Å². The first kappa shape index (κ1) is 32.2.